The average Bonchev–Trinajstić information content (AvgIpc) is 2.33. The van der Waals surface area contributed by atoms with E-state index in [0.29, 0.717) is 0 Å². The maximum absolute atomic E-state index is 3.76. The average molecular weight is 227 g/mol. The molecule has 0 aromatic carbocycles. The van der Waals surface area contributed by atoms with Crippen LogP contribution in [0.15, 0.2) is 0 Å². The van der Waals surface area contributed by atoms with Gasteiger partial charge >= 0.3 is 0 Å². The van der Waals surface area contributed by atoms with Gasteiger partial charge in [-0.05, 0) is 31.7 Å². The fourth-order valence-electron chi connectivity index (χ4n) is 2.18. The molecular formula is C15H33N. The summed E-state index contributed by atoms with van der Waals surface area (Å²) in [6, 6.07) is 0.760. The molecule has 0 rings (SSSR count). The molecule has 0 aromatic heterocycles. The van der Waals surface area contributed by atoms with Gasteiger partial charge in [-0.1, -0.05) is 59.8 Å². The van der Waals surface area contributed by atoms with E-state index in [-0.39, 0.29) is 0 Å². The van der Waals surface area contributed by atoms with Crippen LogP contribution in [0.1, 0.15) is 79.1 Å². The van der Waals surface area contributed by atoms with E-state index >= 15 is 0 Å². The van der Waals surface area contributed by atoms with E-state index in [2.05, 4.69) is 33.0 Å². The van der Waals surface area contributed by atoms with Gasteiger partial charge in [0.1, 0.15) is 0 Å². The lowest BCUT2D eigenvalue weighted by molar-refractivity contribution is 0.368. The molecule has 16 heavy (non-hydrogen) atoms. The molecule has 1 nitrogen and oxygen atoms in total. The summed E-state index contributed by atoms with van der Waals surface area (Å²) in [7, 11) is 0. The van der Waals surface area contributed by atoms with Crippen LogP contribution in [0.3, 0.4) is 0 Å². The fourth-order valence-corrected chi connectivity index (χ4v) is 2.18. The molecule has 2 atom stereocenters. The summed E-state index contributed by atoms with van der Waals surface area (Å²) < 4.78 is 0. The van der Waals surface area contributed by atoms with Crippen molar-refractivity contribution in [2.75, 3.05) is 6.54 Å². The van der Waals surface area contributed by atoms with Crippen molar-refractivity contribution in [1.82, 2.24) is 5.32 Å². The van der Waals surface area contributed by atoms with Crippen LogP contribution < -0.4 is 5.32 Å². The van der Waals surface area contributed by atoms with Crippen LogP contribution in [0.4, 0.5) is 0 Å². The summed E-state index contributed by atoms with van der Waals surface area (Å²) in [5, 5.41) is 3.76. The topological polar surface area (TPSA) is 12.0 Å². The second-order valence-corrected chi connectivity index (χ2v) is 5.07. The van der Waals surface area contributed by atoms with Crippen LogP contribution in [0.2, 0.25) is 0 Å². The van der Waals surface area contributed by atoms with Gasteiger partial charge in [-0.15, -0.1) is 0 Å². The summed E-state index contributed by atoms with van der Waals surface area (Å²) in [4.78, 5) is 0. The molecule has 2 unspecified atom stereocenters. The van der Waals surface area contributed by atoms with Crippen molar-refractivity contribution in [2.24, 2.45) is 5.92 Å². The normalized spacial score (nSPS) is 15.0. The van der Waals surface area contributed by atoms with E-state index in [1.54, 1.807) is 0 Å². The third-order valence-corrected chi connectivity index (χ3v) is 3.64. The van der Waals surface area contributed by atoms with Crippen LogP contribution in [0, 0.1) is 5.92 Å². The lowest BCUT2D eigenvalue weighted by atomic mass is 9.98. The molecule has 0 radical (unpaired) electrons. The quantitative estimate of drug-likeness (QED) is 0.536. The predicted molar refractivity (Wildman–Crippen MR) is 74.9 cm³/mol. The number of hydrogen-bond acceptors (Lipinski definition) is 1. The van der Waals surface area contributed by atoms with Gasteiger partial charge in [0.15, 0.2) is 0 Å². The van der Waals surface area contributed by atoms with Gasteiger partial charge in [0, 0.05) is 6.04 Å². The Labute approximate surface area is 103 Å². The highest BCUT2D eigenvalue weighted by Crippen LogP contribution is 2.12. The first-order valence-corrected chi connectivity index (χ1v) is 7.51. The third kappa shape index (κ3) is 8.15. The summed E-state index contributed by atoms with van der Waals surface area (Å²) >= 11 is 0. The van der Waals surface area contributed by atoms with Crippen LogP contribution in [-0.2, 0) is 0 Å². The van der Waals surface area contributed by atoms with Crippen LogP contribution in [-0.4, -0.2) is 12.6 Å². The number of nitrogens with one attached hydrogen (secondary N) is 1. The minimum Gasteiger partial charge on any atom is -0.314 e. The molecule has 1 N–H and O–H groups in total. The smallest absolute Gasteiger partial charge is 0.00645 e. The van der Waals surface area contributed by atoms with Gasteiger partial charge in [0.05, 0.1) is 0 Å². The van der Waals surface area contributed by atoms with Gasteiger partial charge in [-0.3, -0.25) is 0 Å². The summed E-state index contributed by atoms with van der Waals surface area (Å²) in [5.74, 6) is 0.899. The van der Waals surface area contributed by atoms with Gasteiger partial charge in [-0.2, -0.15) is 0 Å². The maximum Gasteiger partial charge on any atom is 0.00645 e. The van der Waals surface area contributed by atoms with Crippen molar-refractivity contribution in [3.05, 3.63) is 0 Å². The molecule has 1 heteroatoms. The molecule has 0 bridgehead atoms. The molecule has 0 aliphatic rings. The molecule has 0 fully saturated rings. The highest BCUT2D eigenvalue weighted by atomic mass is 14.9. The van der Waals surface area contributed by atoms with Gasteiger partial charge < -0.3 is 5.32 Å². The molecule has 0 aromatic rings. The Morgan fingerprint density at radius 3 is 1.94 bits per heavy atom. The molecule has 0 saturated carbocycles. The van der Waals surface area contributed by atoms with Gasteiger partial charge in [0.25, 0.3) is 0 Å². The molecule has 0 amide bonds. The maximum atomic E-state index is 3.76. The van der Waals surface area contributed by atoms with Crippen molar-refractivity contribution >= 4 is 0 Å². The lowest BCUT2D eigenvalue weighted by Crippen LogP contribution is -2.32. The zero-order valence-corrected chi connectivity index (χ0v) is 12.0. The van der Waals surface area contributed by atoms with E-state index in [9.17, 15) is 0 Å². The van der Waals surface area contributed by atoms with E-state index < -0.39 is 0 Å². The second kappa shape index (κ2) is 11.4. The van der Waals surface area contributed by atoms with Crippen molar-refractivity contribution in [3.63, 3.8) is 0 Å². The summed E-state index contributed by atoms with van der Waals surface area (Å²) in [5.41, 5.74) is 0. The summed E-state index contributed by atoms with van der Waals surface area (Å²) in [6.45, 7) is 10.4. The van der Waals surface area contributed by atoms with Crippen LogP contribution in [0.5, 0.6) is 0 Å². The SMILES string of the molecule is CCCCC(CC)CNC(CC)CCCC. The van der Waals surface area contributed by atoms with E-state index in [1.807, 2.05) is 0 Å². The predicted octanol–water partition coefficient (Wildman–Crippen LogP) is 4.76. The highest BCUT2D eigenvalue weighted by molar-refractivity contribution is 4.68. The number of rotatable bonds is 11. The minimum absolute atomic E-state index is 0.760. The van der Waals surface area contributed by atoms with Gasteiger partial charge in [0.2, 0.25) is 0 Å². The second-order valence-electron chi connectivity index (χ2n) is 5.07. The Morgan fingerprint density at radius 2 is 1.44 bits per heavy atom. The van der Waals surface area contributed by atoms with Crippen LogP contribution in [0.25, 0.3) is 0 Å². The Balaban J connectivity index is 3.69. The van der Waals surface area contributed by atoms with Crippen molar-refractivity contribution < 1.29 is 0 Å². The molecule has 0 heterocycles. The third-order valence-electron chi connectivity index (χ3n) is 3.64. The minimum atomic E-state index is 0.760. The number of hydrogen-bond donors (Lipinski definition) is 1. The largest absolute Gasteiger partial charge is 0.314 e. The fraction of sp³-hybridized carbons (Fsp3) is 1.00. The lowest BCUT2D eigenvalue weighted by Gasteiger charge is -2.21. The monoisotopic (exact) mass is 227 g/mol. The molecule has 0 saturated heterocycles. The van der Waals surface area contributed by atoms with E-state index in [4.69, 9.17) is 0 Å². The zero-order valence-electron chi connectivity index (χ0n) is 12.0. The van der Waals surface area contributed by atoms with E-state index in [1.165, 1.54) is 57.9 Å². The Kier molecular flexibility index (Phi) is 11.4. The summed E-state index contributed by atoms with van der Waals surface area (Å²) in [6.07, 6.45) is 10.8. The molecule has 0 spiro atoms. The van der Waals surface area contributed by atoms with Crippen molar-refractivity contribution in [1.29, 1.82) is 0 Å². The standard InChI is InChI=1S/C15H33N/c1-5-9-11-14(7-3)13-16-15(8-4)12-10-6-2/h14-16H,5-13H2,1-4H3. The zero-order chi connectivity index (χ0) is 12.2. The van der Waals surface area contributed by atoms with Crippen LogP contribution >= 0.6 is 0 Å². The molecule has 0 aliphatic heterocycles. The Hall–Kier alpha value is -0.0400. The highest BCUT2D eigenvalue weighted by Gasteiger charge is 2.09. The number of unbranched alkanes of at least 4 members (excludes halogenated alkanes) is 2. The van der Waals surface area contributed by atoms with Gasteiger partial charge in [-0.25, -0.2) is 0 Å². The Bertz CT molecular complexity index is 117. The van der Waals surface area contributed by atoms with Crippen molar-refractivity contribution in [2.45, 2.75) is 85.1 Å². The first-order chi connectivity index (χ1) is 7.78. The first kappa shape index (κ1) is 16.0. The molecular weight excluding hydrogens is 194 g/mol. The molecule has 0 aliphatic carbocycles. The van der Waals surface area contributed by atoms with E-state index in [0.717, 1.165) is 12.0 Å². The molecule has 98 valence electrons. The Morgan fingerprint density at radius 1 is 0.812 bits per heavy atom. The van der Waals surface area contributed by atoms with Crippen molar-refractivity contribution in [3.8, 4) is 0 Å². The first-order valence-electron chi connectivity index (χ1n) is 7.51.